The molecule has 2 N–H and O–H groups in total. The van der Waals surface area contributed by atoms with Crippen LogP contribution in [0.5, 0.6) is 0 Å². The molecule has 0 spiro atoms. The van der Waals surface area contributed by atoms with Crippen LogP contribution < -0.4 is 5.32 Å². The summed E-state index contributed by atoms with van der Waals surface area (Å²) < 4.78 is 0. The molecule has 1 aromatic carbocycles. The highest BCUT2D eigenvalue weighted by atomic mass is 16.3. The van der Waals surface area contributed by atoms with Crippen LogP contribution in [-0.4, -0.2) is 49.3 Å². The maximum Gasteiger partial charge on any atom is 0.0491 e. The Hall–Kier alpha value is -0.900. The number of benzene rings is 1. The van der Waals surface area contributed by atoms with Gasteiger partial charge in [0.2, 0.25) is 0 Å². The second-order valence-corrected chi connectivity index (χ2v) is 7.33. The lowest BCUT2D eigenvalue weighted by Gasteiger charge is -2.42. The Morgan fingerprint density at radius 3 is 2.59 bits per heavy atom. The van der Waals surface area contributed by atoms with Crippen molar-refractivity contribution < 1.29 is 5.11 Å². The topological polar surface area (TPSA) is 35.5 Å². The lowest BCUT2D eigenvalue weighted by molar-refractivity contribution is 0.0370. The molecule has 0 bridgehead atoms. The Kier molecular flexibility index (Phi) is 5.51. The summed E-state index contributed by atoms with van der Waals surface area (Å²) in [6.45, 7) is 6.22. The summed E-state index contributed by atoms with van der Waals surface area (Å²) in [5.41, 5.74) is 1.46. The van der Waals surface area contributed by atoms with Gasteiger partial charge in [0.25, 0.3) is 0 Å². The van der Waals surface area contributed by atoms with E-state index in [0.717, 1.165) is 38.3 Å². The average Bonchev–Trinajstić information content (AvgIpc) is 2.59. The molecule has 0 aromatic heterocycles. The van der Waals surface area contributed by atoms with Crippen molar-refractivity contribution in [2.45, 2.75) is 32.1 Å². The largest absolute Gasteiger partial charge is 0.396 e. The molecule has 122 valence electrons. The minimum Gasteiger partial charge on any atom is -0.396 e. The van der Waals surface area contributed by atoms with Gasteiger partial charge in [-0.05, 0) is 75.2 Å². The third kappa shape index (κ3) is 4.09. The summed E-state index contributed by atoms with van der Waals surface area (Å²) in [5, 5.41) is 13.5. The maximum absolute atomic E-state index is 9.98. The molecule has 22 heavy (non-hydrogen) atoms. The van der Waals surface area contributed by atoms with Crippen LogP contribution in [0.4, 0.5) is 0 Å². The fourth-order valence-corrected chi connectivity index (χ4v) is 4.07. The Labute approximate surface area is 134 Å². The average molecular weight is 302 g/mol. The molecule has 0 radical (unpaired) electrons. The standard InChI is InChI=1S/C19H30N2O/c22-16-19(13-17-5-2-1-3-6-17)8-11-21(12-9-19)15-18-7-4-10-20-14-18/h1-3,5-6,18,20,22H,4,7-16H2. The highest BCUT2D eigenvalue weighted by Gasteiger charge is 2.34. The van der Waals surface area contributed by atoms with Gasteiger partial charge >= 0.3 is 0 Å². The number of aliphatic hydroxyl groups excluding tert-OH is 1. The molecule has 0 amide bonds. The van der Waals surface area contributed by atoms with Gasteiger partial charge in [-0.1, -0.05) is 30.3 Å². The van der Waals surface area contributed by atoms with E-state index >= 15 is 0 Å². The van der Waals surface area contributed by atoms with Gasteiger partial charge in [0.15, 0.2) is 0 Å². The molecule has 0 aliphatic carbocycles. The third-order valence-corrected chi connectivity index (χ3v) is 5.59. The van der Waals surface area contributed by atoms with Gasteiger partial charge in [0.1, 0.15) is 0 Å². The smallest absolute Gasteiger partial charge is 0.0491 e. The number of aliphatic hydroxyl groups is 1. The van der Waals surface area contributed by atoms with Gasteiger partial charge in [0, 0.05) is 13.2 Å². The molecular formula is C19H30N2O. The number of hydrogen-bond donors (Lipinski definition) is 2. The van der Waals surface area contributed by atoms with E-state index in [0.29, 0.717) is 6.61 Å². The van der Waals surface area contributed by atoms with E-state index in [1.54, 1.807) is 0 Å². The fourth-order valence-electron chi connectivity index (χ4n) is 4.07. The Bertz CT molecular complexity index is 434. The predicted octanol–water partition coefficient (Wildman–Crippen LogP) is 2.30. The maximum atomic E-state index is 9.98. The summed E-state index contributed by atoms with van der Waals surface area (Å²) in [6, 6.07) is 10.7. The highest BCUT2D eigenvalue weighted by molar-refractivity contribution is 5.17. The Balaban J connectivity index is 1.52. The van der Waals surface area contributed by atoms with Crippen molar-refractivity contribution in [1.29, 1.82) is 0 Å². The van der Waals surface area contributed by atoms with Crippen molar-refractivity contribution in [3.8, 4) is 0 Å². The molecule has 2 aliphatic heterocycles. The lowest BCUT2D eigenvalue weighted by Crippen LogP contribution is -2.46. The van der Waals surface area contributed by atoms with Crippen molar-refractivity contribution in [2.24, 2.45) is 11.3 Å². The minimum atomic E-state index is 0.0999. The lowest BCUT2D eigenvalue weighted by atomic mass is 9.74. The minimum absolute atomic E-state index is 0.0999. The van der Waals surface area contributed by atoms with Crippen LogP contribution in [0.15, 0.2) is 30.3 Å². The van der Waals surface area contributed by atoms with Gasteiger partial charge in [0.05, 0.1) is 0 Å². The molecule has 1 aromatic rings. The van der Waals surface area contributed by atoms with Crippen LogP contribution in [0.3, 0.4) is 0 Å². The molecular weight excluding hydrogens is 272 g/mol. The molecule has 3 heteroatoms. The number of piperidine rings is 2. The fraction of sp³-hybridized carbons (Fsp3) is 0.684. The second-order valence-electron chi connectivity index (χ2n) is 7.33. The monoisotopic (exact) mass is 302 g/mol. The number of hydrogen-bond acceptors (Lipinski definition) is 3. The van der Waals surface area contributed by atoms with Gasteiger partial charge in [-0.15, -0.1) is 0 Å². The predicted molar refractivity (Wildman–Crippen MR) is 90.9 cm³/mol. The van der Waals surface area contributed by atoms with Gasteiger partial charge < -0.3 is 15.3 Å². The van der Waals surface area contributed by atoms with E-state index in [9.17, 15) is 5.11 Å². The first-order chi connectivity index (χ1) is 10.8. The highest BCUT2D eigenvalue weighted by Crippen LogP contribution is 2.35. The SMILES string of the molecule is OCC1(Cc2ccccc2)CCN(CC2CCCNC2)CC1. The Morgan fingerprint density at radius 1 is 1.18 bits per heavy atom. The normalized spacial score (nSPS) is 26.0. The van der Waals surface area contributed by atoms with E-state index in [-0.39, 0.29) is 5.41 Å². The van der Waals surface area contributed by atoms with Crippen LogP contribution in [0.25, 0.3) is 0 Å². The van der Waals surface area contributed by atoms with E-state index in [4.69, 9.17) is 0 Å². The van der Waals surface area contributed by atoms with Gasteiger partial charge in [-0.3, -0.25) is 0 Å². The molecule has 2 fully saturated rings. The number of nitrogens with zero attached hydrogens (tertiary/aromatic N) is 1. The van der Waals surface area contributed by atoms with Crippen molar-refractivity contribution in [2.75, 3.05) is 39.3 Å². The summed E-state index contributed by atoms with van der Waals surface area (Å²) in [4.78, 5) is 2.62. The molecule has 1 unspecified atom stereocenters. The zero-order chi connectivity index (χ0) is 15.3. The summed E-state index contributed by atoms with van der Waals surface area (Å²) in [7, 11) is 0. The van der Waals surface area contributed by atoms with Crippen LogP contribution in [-0.2, 0) is 6.42 Å². The molecule has 1 atom stereocenters. The first kappa shape index (κ1) is 16.0. The van der Waals surface area contributed by atoms with Crippen LogP contribution in [0.1, 0.15) is 31.2 Å². The molecule has 3 rings (SSSR count). The van der Waals surface area contributed by atoms with Crippen LogP contribution >= 0.6 is 0 Å². The molecule has 2 aliphatic rings. The van der Waals surface area contributed by atoms with E-state index in [1.807, 2.05) is 0 Å². The van der Waals surface area contributed by atoms with Crippen molar-refractivity contribution in [3.63, 3.8) is 0 Å². The number of nitrogens with one attached hydrogen (secondary N) is 1. The first-order valence-corrected chi connectivity index (χ1v) is 8.88. The zero-order valence-electron chi connectivity index (χ0n) is 13.6. The number of rotatable bonds is 5. The number of likely N-dealkylation sites (tertiary alicyclic amines) is 1. The summed E-state index contributed by atoms with van der Waals surface area (Å²) in [5.74, 6) is 0.824. The summed E-state index contributed by atoms with van der Waals surface area (Å²) >= 11 is 0. The van der Waals surface area contributed by atoms with E-state index in [2.05, 4.69) is 40.5 Å². The second kappa shape index (κ2) is 7.58. The Morgan fingerprint density at radius 2 is 1.95 bits per heavy atom. The zero-order valence-corrected chi connectivity index (χ0v) is 13.6. The quantitative estimate of drug-likeness (QED) is 0.876. The van der Waals surface area contributed by atoms with Gasteiger partial charge in [-0.25, -0.2) is 0 Å². The molecule has 2 saturated heterocycles. The van der Waals surface area contributed by atoms with Crippen LogP contribution in [0, 0.1) is 11.3 Å². The van der Waals surface area contributed by atoms with E-state index in [1.165, 1.54) is 38.0 Å². The molecule has 2 heterocycles. The van der Waals surface area contributed by atoms with E-state index < -0.39 is 0 Å². The van der Waals surface area contributed by atoms with Crippen molar-refractivity contribution in [3.05, 3.63) is 35.9 Å². The molecule has 0 saturated carbocycles. The summed E-state index contributed by atoms with van der Waals surface area (Å²) in [6.07, 6.45) is 5.96. The van der Waals surface area contributed by atoms with Crippen molar-refractivity contribution >= 4 is 0 Å². The third-order valence-electron chi connectivity index (χ3n) is 5.59. The van der Waals surface area contributed by atoms with Gasteiger partial charge in [-0.2, -0.15) is 0 Å². The molecule has 3 nitrogen and oxygen atoms in total. The van der Waals surface area contributed by atoms with Crippen molar-refractivity contribution in [1.82, 2.24) is 10.2 Å². The first-order valence-electron chi connectivity index (χ1n) is 8.88. The van der Waals surface area contributed by atoms with Crippen LogP contribution in [0.2, 0.25) is 0 Å².